The molecule has 0 N–H and O–H groups in total. The molecule has 0 aromatic heterocycles. The molecule has 4 aliphatic carbocycles. The van der Waals surface area contributed by atoms with E-state index >= 15 is 0 Å². The van der Waals surface area contributed by atoms with E-state index in [0.29, 0.717) is 18.4 Å². The standard InChI is InChI=1S/C14H20O2.C7H14O3/c1-3-13(15)16-14(2)11-5-9-4-10(7-11)8-12(14)6-9;1-6(9-3)4-5-10-7(2)8/h3,9-12H,1,4-8H2,2H3;6H,4-5H2,1-3H3. The molecule has 1 unspecified atom stereocenters. The highest BCUT2D eigenvalue weighted by Crippen LogP contribution is 2.59. The average molecular weight is 366 g/mol. The van der Waals surface area contributed by atoms with Crippen molar-refractivity contribution >= 4 is 11.9 Å². The molecule has 0 amide bonds. The number of hydrogen-bond acceptors (Lipinski definition) is 5. The Labute approximate surface area is 157 Å². The van der Waals surface area contributed by atoms with Crippen LogP contribution in [0.15, 0.2) is 12.7 Å². The first-order valence-electron chi connectivity index (χ1n) is 9.80. The van der Waals surface area contributed by atoms with Gasteiger partial charge in [-0.15, -0.1) is 0 Å². The van der Waals surface area contributed by atoms with Gasteiger partial charge < -0.3 is 14.2 Å². The SMILES string of the molecule is C=CC(=O)OC1(C)C2CC3CC(C2)CC1C3.COC(C)CCOC(C)=O. The Hall–Kier alpha value is -1.36. The zero-order valence-electron chi connectivity index (χ0n) is 16.7. The molecule has 0 spiro atoms. The maximum Gasteiger partial charge on any atom is 0.330 e. The highest BCUT2D eigenvalue weighted by atomic mass is 16.6. The van der Waals surface area contributed by atoms with Gasteiger partial charge in [0.1, 0.15) is 5.60 Å². The molecule has 4 bridgehead atoms. The lowest BCUT2D eigenvalue weighted by molar-refractivity contribution is -0.198. The molecule has 0 aromatic rings. The lowest BCUT2D eigenvalue weighted by atomic mass is 9.50. The number of hydrogen-bond donors (Lipinski definition) is 0. The van der Waals surface area contributed by atoms with Crippen LogP contribution in [0.5, 0.6) is 0 Å². The number of rotatable bonds is 6. The zero-order valence-corrected chi connectivity index (χ0v) is 16.7. The molecule has 4 saturated carbocycles. The largest absolute Gasteiger partial charge is 0.466 e. The van der Waals surface area contributed by atoms with Crippen LogP contribution in [0, 0.1) is 23.7 Å². The molecular weight excluding hydrogens is 332 g/mol. The van der Waals surface area contributed by atoms with E-state index in [2.05, 4.69) is 13.5 Å². The van der Waals surface area contributed by atoms with E-state index in [9.17, 15) is 9.59 Å². The normalized spacial score (nSPS) is 35.1. The van der Waals surface area contributed by atoms with Crippen LogP contribution in [0.2, 0.25) is 0 Å². The third-order valence-corrected chi connectivity index (χ3v) is 6.48. The van der Waals surface area contributed by atoms with E-state index in [4.69, 9.17) is 14.2 Å². The van der Waals surface area contributed by atoms with Crippen molar-refractivity contribution in [2.75, 3.05) is 13.7 Å². The molecule has 0 radical (unpaired) electrons. The summed E-state index contributed by atoms with van der Waals surface area (Å²) in [7, 11) is 1.64. The predicted octanol–water partition coefficient (Wildman–Crippen LogP) is 3.90. The van der Waals surface area contributed by atoms with E-state index < -0.39 is 0 Å². The first-order valence-corrected chi connectivity index (χ1v) is 9.80. The fourth-order valence-corrected chi connectivity index (χ4v) is 5.03. The van der Waals surface area contributed by atoms with Gasteiger partial charge in [0, 0.05) is 26.5 Å². The molecule has 0 aromatic carbocycles. The summed E-state index contributed by atoms with van der Waals surface area (Å²) in [5, 5.41) is 0. The minimum Gasteiger partial charge on any atom is -0.466 e. The third kappa shape index (κ3) is 5.09. The Morgan fingerprint density at radius 3 is 2.12 bits per heavy atom. The van der Waals surface area contributed by atoms with Crippen LogP contribution in [0.3, 0.4) is 0 Å². The molecule has 5 heteroatoms. The monoisotopic (exact) mass is 366 g/mol. The van der Waals surface area contributed by atoms with E-state index in [-0.39, 0.29) is 23.6 Å². The smallest absolute Gasteiger partial charge is 0.330 e. The third-order valence-electron chi connectivity index (χ3n) is 6.48. The summed E-state index contributed by atoms with van der Waals surface area (Å²) in [5.74, 6) is 2.56. The van der Waals surface area contributed by atoms with Crippen LogP contribution in [-0.2, 0) is 23.8 Å². The van der Waals surface area contributed by atoms with E-state index in [0.717, 1.165) is 18.3 Å². The van der Waals surface area contributed by atoms with Gasteiger partial charge in [-0.1, -0.05) is 6.58 Å². The van der Waals surface area contributed by atoms with Gasteiger partial charge in [-0.25, -0.2) is 4.79 Å². The number of carbonyl (C=O) groups excluding carboxylic acids is 2. The van der Waals surface area contributed by atoms with Crippen LogP contribution in [0.1, 0.15) is 59.3 Å². The van der Waals surface area contributed by atoms with Crippen molar-refractivity contribution in [3.8, 4) is 0 Å². The molecule has 4 aliphatic rings. The molecule has 0 saturated heterocycles. The number of ether oxygens (including phenoxy) is 3. The summed E-state index contributed by atoms with van der Waals surface area (Å²) in [6.45, 7) is 9.44. The van der Waals surface area contributed by atoms with Gasteiger partial charge >= 0.3 is 11.9 Å². The lowest BCUT2D eigenvalue weighted by Gasteiger charge is -2.58. The summed E-state index contributed by atoms with van der Waals surface area (Å²) in [6, 6.07) is 0. The van der Waals surface area contributed by atoms with Gasteiger partial charge in [0.15, 0.2) is 0 Å². The fraction of sp³-hybridized carbons (Fsp3) is 0.810. The molecular formula is C21H34O5. The highest BCUT2D eigenvalue weighted by Gasteiger charge is 2.56. The minimum absolute atomic E-state index is 0.166. The zero-order chi connectivity index (χ0) is 19.3. The van der Waals surface area contributed by atoms with Crippen molar-refractivity contribution in [3.05, 3.63) is 12.7 Å². The summed E-state index contributed by atoms with van der Waals surface area (Å²) in [4.78, 5) is 21.7. The molecule has 1 atom stereocenters. The number of carbonyl (C=O) groups is 2. The van der Waals surface area contributed by atoms with Crippen LogP contribution >= 0.6 is 0 Å². The van der Waals surface area contributed by atoms with E-state index in [1.165, 1.54) is 45.1 Å². The maximum absolute atomic E-state index is 11.5. The molecule has 4 fully saturated rings. The second-order valence-electron chi connectivity index (χ2n) is 8.29. The Morgan fingerprint density at radius 2 is 1.69 bits per heavy atom. The van der Waals surface area contributed by atoms with Gasteiger partial charge in [0.2, 0.25) is 0 Å². The molecule has 5 nitrogen and oxygen atoms in total. The topological polar surface area (TPSA) is 61.8 Å². The Balaban J connectivity index is 0.000000213. The van der Waals surface area contributed by atoms with Crippen molar-refractivity contribution in [1.29, 1.82) is 0 Å². The number of esters is 2. The molecule has 26 heavy (non-hydrogen) atoms. The molecule has 4 rings (SSSR count). The van der Waals surface area contributed by atoms with Crippen molar-refractivity contribution in [3.63, 3.8) is 0 Å². The highest BCUT2D eigenvalue weighted by molar-refractivity contribution is 5.81. The first kappa shape index (κ1) is 20.9. The summed E-state index contributed by atoms with van der Waals surface area (Å²) in [5.41, 5.74) is -0.196. The fourth-order valence-electron chi connectivity index (χ4n) is 5.03. The van der Waals surface area contributed by atoms with Gasteiger partial charge in [-0.2, -0.15) is 0 Å². The summed E-state index contributed by atoms with van der Waals surface area (Å²) >= 11 is 0. The van der Waals surface area contributed by atoms with Gasteiger partial charge in [0.25, 0.3) is 0 Å². The van der Waals surface area contributed by atoms with Crippen molar-refractivity contribution in [2.24, 2.45) is 23.7 Å². The van der Waals surface area contributed by atoms with Gasteiger partial charge in [-0.3, -0.25) is 4.79 Å². The number of methoxy groups -OCH3 is 1. The first-order chi connectivity index (χ1) is 12.3. The Bertz CT molecular complexity index is 485. The van der Waals surface area contributed by atoms with E-state index in [1.54, 1.807) is 7.11 Å². The predicted molar refractivity (Wildman–Crippen MR) is 99.5 cm³/mol. The van der Waals surface area contributed by atoms with Crippen molar-refractivity contribution in [2.45, 2.75) is 71.0 Å². The van der Waals surface area contributed by atoms with Crippen molar-refractivity contribution < 1.29 is 23.8 Å². The quantitative estimate of drug-likeness (QED) is 0.527. The second kappa shape index (κ2) is 9.03. The van der Waals surface area contributed by atoms with Crippen LogP contribution in [0.25, 0.3) is 0 Å². The second-order valence-corrected chi connectivity index (χ2v) is 8.29. The lowest BCUT2D eigenvalue weighted by Crippen LogP contribution is -2.57. The van der Waals surface area contributed by atoms with Crippen molar-refractivity contribution in [1.82, 2.24) is 0 Å². The maximum atomic E-state index is 11.5. The summed E-state index contributed by atoms with van der Waals surface area (Å²) < 4.78 is 15.3. The van der Waals surface area contributed by atoms with Gasteiger partial charge in [-0.05, 0) is 69.6 Å². The summed E-state index contributed by atoms with van der Waals surface area (Å²) in [6.07, 6.45) is 8.74. The van der Waals surface area contributed by atoms with Gasteiger partial charge in [0.05, 0.1) is 12.7 Å². The minimum atomic E-state index is -0.241. The van der Waals surface area contributed by atoms with E-state index in [1.807, 2.05) is 6.92 Å². The molecule has 0 aliphatic heterocycles. The molecule has 0 heterocycles. The Kier molecular flexibility index (Phi) is 7.27. The average Bonchev–Trinajstić information content (AvgIpc) is 2.59. The molecule has 148 valence electrons. The van der Waals surface area contributed by atoms with Crippen LogP contribution < -0.4 is 0 Å². The van der Waals surface area contributed by atoms with Crippen LogP contribution in [-0.4, -0.2) is 37.4 Å². The Morgan fingerprint density at radius 1 is 1.15 bits per heavy atom. The van der Waals surface area contributed by atoms with Crippen LogP contribution in [0.4, 0.5) is 0 Å².